The summed E-state index contributed by atoms with van der Waals surface area (Å²) in [6, 6.07) is 8.54. The molecule has 2 atom stereocenters. The van der Waals surface area contributed by atoms with Crippen molar-refractivity contribution in [2.24, 2.45) is 5.73 Å². The second-order valence-corrected chi connectivity index (χ2v) is 6.60. The van der Waals surface area contributed by atoms with Gasteiger partial charge in [0.25, 0.3) is 5.91 Å². The zero-order valence-corrected chi connectivity index (χ0v) is 14.2. The number of primary amides is 1. The minimum atomic E-state index is -0.478. The van der Waals surface area contributed by atoms with E-state index >= 15 is 0 Å². The highest BCUT2D eigenvalue weighted by Crippen LogP contribution is 2.37. The Kier molecular flexibility index (Phi) is 4.30. The fourth-order valence-electron chi connectivity index (χ4n) is 3.58. The van der Waals surface area contributed by atoms with Gasteiger partial charge in [0, 0.05) is 24.6 Å². The molecule has 1 fully saturated rings. The molecule has 3 N–H and O–H groups in total. The number of nitrogens with one attached hydrogen (secondary N) is 1. The molecule has 7 heteroatoms. The normalized spacial score (nSPS) is 21.5. The Hall–Kier alpha value is -2.93. The van der Waals surface area contributed by atoms with E-state index in [2.05, 4.69) is 10.3 Å². The van der Waals surface area contributed by atoms with Crippen LogP contribution in [0.15, 0.2) is 42.7 Å². The van der Waals surface area contributed by atoms with Crippen LogP contribution in [0.4, 0.5) is 4.79 Å². The van der Waals surface area contributed by atoms with Crippen molar-refractivity contribution in [3.05, 3.63) is 65.0 Å². The zero-order chi connectivity index (χ0) is 18.1. The number of carbonyl (C=O) groups excluding carboxylic acids is 2. The molecule has 1 aromatic heterocycles. The zero-order valence-electron chi connectivity index (χ0n) is 14.2. The van der Waals surface area contributed by atoms with E-state index in [9.17, 15) is 9.59 Å². The van der Waals surface area contributed by atoms with E-state index in [1.54, 1.807) is 29.4 Å². The summed E-state index contributed by atoms with van der Waals surface area (Å²) in [4.78, 5) is 29.9. The van der Waals surface area contributed by atoms with Crippen LogP contribution < -0.4 is 11.1 Å². The molecule has 3 heterocycles. The van der Waals surface area contributed by atoms with Crippen molar-refractivity contribution in [3.63, 3.8) is 0 Å². The van der Waals surface area contributed by atoms with Crippen LogP contribution in [0.5, 0.6) is 0 Å². The van der Waals surface area contributed by atoms with E-state index in [0.29, 0.717) is 25.3 Å². The van der Waals surface area contributed by atoms with E-state index in [0.717, 1.165) is 23.1 Å². The van der Waals surface area contributed by atoms with Crippen molar-refractivity contribution >= 4 is 11.9 Å². The lowest BCUT2D eigenvalue weighted by atomic mass is 9.98. The van der Waals surface area contributed by atoms with Crippen LogP contribution in [0.2, 0.25) is 0 Å². The molecule has 2 aromatic rings. The first-order chi connectivity index (χ1) is 12.6. The fraction of sp³-hybridized carbons (Fsp3) is 0.316. The first kappa shape index (κ1) is 16.5. The number of aromatic nitrogens is 1. The Morgan fingerprint density at radius 2 is 2.04 bits per heavy atom. The van der Waals surface area contributed by atoms with E-state index < -0.39 is 6.03 Å². The lowest BCUT2D eigenvalue weighted by molar-refractivity contribution is 0.0930. The maximum Gasteiger partial charge on any atom is 0.315 e. The Balaban J connectivity index is 1.57. The molecule has 0 bridgehead atoms. The quantitative estimate of drug-likeness (QED) is 0.876. The predicted octanol–water partition coefficient (Wildman–Crippen LogP) is 1.58. The highest BCUT2D eigenvalue weighted by Gasteiger charge is 2.33. The fourth-order valence-corrected chi connectivity index (χ4v) is 3.58. The van der Waals surface area contributed by atoms with Crippen molar-refractivity contribution in [1.29, 1.82) is 0 Å². The number of rotatable bonds is 3. The second kappa shape index (κ2) is 6.76. The maximum atomic E-state index is 12.3. The van der Waals surface area contributed by atoms with Gasteiger partial charge in [-0.25, -0.2) is 4.79 Å². The molecule has 3 amide bonds. The van der Waals surface area contributed by atoms with Crippen molar-refractivity contribution in [3.8, 4) is 0 Å². The predicted molar refractivity (Wildman–Crippen MR) is 94.3 cm³/mol. The molecule has 4 rings (SSSR count). The van der Waals surface area contributed by atoms with Crippen LogP contribution in [0.25, 0.3) is 0 Å². The summed E-state index contributed by atoms with van der Waals surface area (Å²) in [6.45, 7) is 1.68. The van der Waals surface area contributed by atoms with Crippen molar-refractivity contribution in [2.75, 3.05) is 13.2 Å². The smallest absolute Gasteiger partial charge is 0.315 e. The standard InChI is InChI=1S/C19H20N4O3/c20-19(25)23-10-14-9-21-7-5-16(14)17(23)12-1-3-13(4-2-12)18(24)22-15-6-8-26-11-15/h1-5,7,9,15,17H,6,8,10-11H2,(H2,20,25)(H,22,24)/t15-,17?/m1/s1. The molecule has 2 aliphatic heterocycles. The molecule has 0 spiro atoms. The summed E-state index contributed by atoms with van der Waals surface area (Å²) in [5, 5.41) is 2.97. The van der Waals surface area contributed by atoms with Crippen LogP contribution in [0.3, 0.4) is 0 Å². The number of nitrogens with two attached hydrogens (primary N) is 1. The van der Waals surface area contributed by atoms with Gasteiger partial charge in [-0.2, -0.15) is 0 Å². The van der Waals surface area contributed by atoms with E-state index in [1.165, 1.54) is 0 Å². The third-order valence-electron chi connectivity index (χ3n) is 4.92. The van der Waals surface area contributed by atoms with Crippen molar-refractivity contribution in [1.82, 2.24) is 15.2 Å². The summed E-state index contributed by atoms with van der Waals surface area (Å²) in [7, 11) is 0. The van der Waals surface area contributed by atoms with Crippen LogP contribution in [0.1, 0.15) is 39.5 Å². The number of hydrogen-bond donors (Lipinski definition) is 2. The number of hydrogen-bond acceptors (Lipinski definition) is 4. The van der Waals surface area contributed by atoms with Gasteiger partial charge in [0.05, 0.1) is 25.2 Å². The van der Waals surface area contributed by atoms with Gasteiger partial charge in [-0.1, -0.05) is 12.1 Å². The molecule has 26 heavy (non-hydrogen) atoms. The third-order valence-corrected chi connectivity index (χ3v) is 4.92. The average molecular weight is 352 g/mol. The molecule has 134 valence electrons. The minimum absolute atomic E-state index is 0.0711. The van der Waals surface area contributed by atoms with Crippen LogP contribution in [-0.4, -0.2) is 41.1 Å². The van der Waals surface area contributed by atoms with E-state index in [1.807, 2.05) is 18.2 Å². The third kappa shape index (κ3) is 3.01. The van der Waals surface area contributed by atoms with Gasteiger partial charge in [-0.05, 0) is 41.3 Å². The second-order valence-electron chi connectivity index (χ2n) is 6.60. The lowest BCUT2D eigenvalue weighted by Crippen LogP contribution is -2.35. The number of urea groups is 1. The summed E-state index contributed by atoms with van der Waals surface area (Å²) in [5.74, 6) is -0.116. The molecular formula is C19H20N4O3. The molecule has 1 saturated heterocycles. The molecule has 1 unspecified atom stereocenters. The average Bonchev–Trinajstić information content (AvgIpc) is 3.29. The Labute approximate surface area is 151 Å². The summed E-state index contributed by atoms with van der Waals surface area (Å²) in [5.41, 5.74) is 9.06. The van der Waals surface area contributed by atoms with Gasteiger partial charge in [0.2, 0.25) is 0 Å². The van der Waals surface area contributed by atoms with Crippen LogP contribution in [0, 0.1) is 0 Å². The molecule has 1 aromatic carbocycles. The van der Waals surface area contributed by atoms with Crippen molar-refractivity contribution < 1.29 is 14.3 Å². The molecule has 0 saturated carbocycles. The van der Waals surface area contributed by atoms with Gasteiger partial charge >= 0.3 is 6.03 Å². The molecule has 0 aliphatic carbocycles. The number of ether oxygens (including phenoxy) is 1. The lowest BCUT2D eigenvalue weighted by Gasteiger charge is -2.24. The number of amides is 3. The van der Waals surface area contributed by atoms with E-state index in [4.69, 9.17) is 10.5 Å². The number of benzene rings is 1. The largest absolute Gasteiger partial charge is 0.379 e. The molecule has 2 aliphatic rings. The molecule has 7 nitrogen and oxygen atoms in total. The highest BCUT2D eigenvalue weighted by molar-refractivity contribution is 5.94. The monoisotopic (exact) mass is 352 g/mol. The summed E-state index contributed by atoms with van der Waals surface area (Å²) >= 11 is 0. The van der Waals surface area contributed by atoms with Gasteiger partial charge < -0.3 is 20.7 Å². The first-order valence-electron chi connectivity index (χ1n) is 8.61. The summed E-state index contributed by atoms with van der Waals surface area (Å²) < 4.78 is 5.28. The number of fused-ring (bicyclic) bond motifs is 1. The van der Waals surface area contributed by atoms with E-state index in [-0.39, 0.29) is 18.0 Å². The SMILES string of the molecule is NC(=O)N1Cc2cnccc2C1c1ccc(C(=O)N[C@@H]2CCOC2)cc1. The van der Waals surface area contributed by atoms with Gasteiger partial charge in [-0.15, -0.1) is 0 Å². The van der Waals surface area contributed by atoms with Gasteiger partial charge in [0.1, 0.15) is 0 Å². The Morgan fingerprint density at radius 3 is 2.73 bits per heavy atom. The number of pyridine rings is 1. The topological polar surface area (TPSA) is 97.6 Å². The number of carbonyl (C=O) groups is 2. The number of nitrogens with zero attached hydrogens (tertiary/aromatic N) is 2. The van der Waals surface area contributed by atoms with Crippen LogP contribution in [-0.2, 0) is 11.3 Å². The Morgan fingerprint density at radius 1 is 1.23 bits per heavy atom. The van der Waals surface area contributed by atoms with Crippen molar-refractivity contribution in [2.45, 2.75) is 25.0 Å². The molecule has 0 radical (unpaired) electrons. The first-order valence-corrected chi connectivity index (χ1v) is 8.61. The van der Waals surface area contributed by atoms with Gasteiger partial charge in [-0.3, -0.25) is 9.78 Å². The summed E-state index contributed by atoms with van der Waals surface area (Å²) in [6.07, 6.45) is 4.31. The van der Waals surface area contributed by atoms with Gasteiger partial charge in [0.15, 0.2) is 0 Å². The highest BCUT2D eigenvalue weighted by atomic mass is 16.5. The minimum Gasteiger partial charge on any atom is -0.379 e. The Bertz CT molecular complexity index is 831. The maximum absolute atomic E-state index is 12.3. The van der Waals surface area contributed by atoms with Crippen LogP contribution >= 0.6 is 0 Å². The molecular weight excluding hydrogens is 332 g/mol.